The third kappa shape index (κ3) is 3.20. The van der Waals surface area contributed by atoms with Crippen molar-refractivity contribution in [2.24, 2.45) is 7.05 Å². The number of halogens is 2. The topological polar surface area (TPSA) is 29.9 Å². The van der Waals surface area contributed by atoms with Gasteiger partial charge in [0, 0.05) is 23.6 Å². The second-order valence-electron chi connectivity index (χ2n) is 5.02. The van der Waals surface area contributed by atoms with E-state index in [2.05, 4.69) is 38.4 Å². The van der Waals surface area contributed by atoms with Crippen molar-refractivity contribution in [3.8, 4) is 11.3 Å². The average molecular weight is 360 g/mol. The van der Waals surface area contributed by atoms with E-state index in [1.165, 1.54) is 17.7 Å². The number of rotatable bonds is 4. The molecule has 0 unspecified atom stereocenters. The van der Waals surface area contributed by atoms with Gasteiger partial charge in [0.2, 0.25) is 5.95 Å². The van der Waals surface area contributed by atoms with E-state index in [1.54, 1.807) is 18.3 Å². The Bertz CT molecular complexity index is 781. The van der Waals surface area contributed by atoms with Crippen LogP contribution in [0, 0.1) is 5.82 Å². The summed E-state index contributed by atoms with van der Waals surface area (Å²) in [6.07, 6.45) is 1.79. The fraction of sp³-hybridized carbons (Fsp3) is 0.118. The summed E-state index contributed by atoms with van der Waals surface area (Å²) >= 11 is 3.46. The molecule has 0 radical (unpaired) electrons. The van der Waals surface area contributed by atoms with Gasteiger partial charge >= 0.3 is 0 Å². The Morgan fingerprint density at radius 3 is 2.68 bits per heavy atom. The first-order valence-electron chi connectivity index (χ1n) is 6.89. The Kier molecular flexibility index (Phi) is 4.24. The van der Waals surface area contributed by atoms with Gasteiger partial charge in [-0.25, -0.2) is 9.37 Å². The van der Waals surface area contributed by atoms with Crippen molar-refractivity contribution in [1.82, 2.24) is 9.55 Å². The van der Waals surface area contributed by atoms with Gasteiger partial charge < -0.3 is 9.88 Å². The van der Waals surface area contributed by atoms with Crippen LogP contribution in [0.15, 0.2) is 59.2 Å². The van der Waals surface area contributed by atoms with Crippen molar-refractivity contribution in [2.75, 3.05) is 5.32 Å². The third-order valence-electron chi connectivity index (χ3n) is 3.47. The molecule has 0 fully saturated rings. The maximum Gasteiger partial charge on any atom is 0.203 e. The van der Waals surface area contributed by atoms with E-state index >= 15 is 0 Å². The van der Waals surface area contributed by atoms with Crippen molar-refractivity contribution >= 4 is 21.9 Å². The summed E-state index contributed by atoms with van der Waals surface area (Å²) in [6, 6.07) is 14.5. The van der Waals surface area contributed by atoms with Gasteiger partial charge in [-0.3, -0.25) is 0 Å². The minimum atomic E-state index is -0.237. The van der Waals surface area contributed by atoms with Gasteiger partial charge in [-0.05, 0) is 42.0 Å². The lowest BCUT2D eigenvalue weighted by Crippen LogP contribution is -2.05. The first-order chi connectivity index (χ1) is 10.6. The van der Waals surface area contributed by atoms with Crippen LogP contribution in [0.4, 0.5) is 10.3 Å². The minimum Gasteiger partial charge on any atom is -0.352 e. The number of hydrogen-bond donors (Lipinski definition) is 1. The van der Waals surface area contributed by atoms with E-state index in [-0.39, 0.29) is 5.82 Å². The number of imidazole rings is 1. The molecule has 0 aliphatic rings. The highest BCUT2D eigenvalue weighted by Gasteiger charge is 2.08. The highest BCUT2D eigenvalue weighted by molar-refractivity contribution is 9.10. The second-order valence-corrected chi connectivity index (χ2v) is 5.93. The van der Waals surface area contributed by atoms with Crippen LogP contribution in [-0.4, -0.2) is 9.55 Å². The molecule has 112 valence electrons. The van der Waals surface area contributed by atoms with E-state index in [0.29, 0.717) is 6.54 Å². The summed E-state index contributed by atoms with van der Waals surface area (Å²) in [5, 5.41) is 3.31. The maximum absolute atomic E-state index is 13.0. The predicted molar refractivity (Wildman–Crippen MR) is 90.1 cm³/mol. The highest BCUT2D eigenvalue weighted by atomic mass is 79.9. The number of hydrogen-bond acceptors (Lipinski definition) is 2. The number of aromatic nitrogens is 2. The second kappa shape index (κ2) is 6.32. The van der Waals surface area contributed by atoms with E-state index in [0.717, 1.165) is 21.7 Å². The summed E-state index contributed by atoms with van der Waals surface area (Å²) in [7, 11) is 1.94. The zero-order valence-electron chi connectivity index (χ0n) is 12.1. The van der Waals surface area contributed by atoms with Crippen LogP contribution in [0.25, 0.3) is 11.3 Å². The van der Waals surface area contributed by atoms with Gasteiger partial charge in [0.15, 0.2) is 0 Å². The fourth-order valence-electron chi connectivity index (χ4n) is 2.29. The molecule has 0 spiro atoms. The van der Waals surface area contributed by atoms with Gasteiger partial charge in [0.25, 0.3) is 0 Å². The van der Waals surface area contributed by atoms with Crippen LogP contribution >= 0.6 is 15.9 Å². The van der Waals surface area contributed by atoms with Crippen molar-refractivity contribution < 1.29 is 4.39 Å². The SMILES string of the molecule is Cn1c(-c2ccc(F)cc2)cnc1NCc1cccc(Br)c1. The van der Waals surface area contributed by atoms with Crippen LogP contribution in [0.3, 0.4) is 0 Å². The largest absolute Gasteiger partial charge is 0.352 e. The Morgan fingerprint density at radius 2 is 1.95 bits per heavy atom. The molecule has 3 rings (SSSR count). The smallest absolute Gasteiger partial charge is 0.203 e. The molecule has 5 heteroatoms. The molecule has 2 aromatic carbocycles. The molecule has 1 aromatic heterocycles. The van der Waals surface area contributed by atoms with Crippen molar-refractivity contribution in [1.29, 1.82) is 0 Å². The summed E-state index contributed by atoms with van der Waals surface area (Å²) in [5.41, 5.74) is 3.05. The molecule has 0 bridgehead atoms. The molecule has 0 aliphatic heterocycles. The summed E-state index contributed by atoms with van der Waals surface area (Å²) < 4.78 is 16.0. The Hall–Kier alpha value is -2.14. The lowest BCUT2D eigenvalue weighted by Gasteiger charge is -2.09. The summed E-state index contributed by atoms with van der Waals surface area (Å²) in [5.74, 6) is 0.540. The van der Waals surface area contributed by atoms with Crippen LogP contribution in [-0.2, 0) is 13.6 Å². The maximum atomic E-state index is 13.0. The number of nitrogens with one attached hydrogen (secondary N) is 1. The van der Waals surface area contributed by atoms with Crippen molar-refractivity contribution in [3.63, 3.8) is 0 Å². The molecule has 0 atom stereocenters. The van der Waals surface area contributed by atoms with E-state index < -0.39 is 0 Å². The van der Waals surface area contributed by atoms with E-state index in [1.807, 2.05) is 23.7 Å². The van der Waals surface area contributed by atoms with Crippen LogP contribution in [0.5, 0.6) is 0 Å². The van der Waals surface area contributed by atoms with Crippen molar-refractivity contribution in [3.05, 3.63) is 70.6 Å². The molecule has 3 nitrogen and oxygen atoms in total. The predicted octanol–water partition coefficient (Wildman–Crippen LogP) is 4.60. The number of nitrogens with zero attached hydrogens (tertiary/aromatic N) is 2. The molecule has 3 aromatic rings. The van der Waals surface area contributed by atoms with Gasteiger partial charge in [-0.15, -0.1) is 0 Å². The van der Waals surface area contributed by atoms with Crippen LogP contribution < -0.4 is 5.32 Å². The zero-order valence-corrected chi connectivity index (χ0v) is 13.6. The molecule has 1 heterocycles. The van der Waals surface area contributed by atoms with Gasteiger partial charge in [0.05, 0.1) is 11.9 Å². The highest BCUT2D eigenvalue weighted by Crippen LogP contribution is 2.22. The molecule has 0 aliphatic carbocycles. The Labute approximate surface area is 136 Å². The van der Waals surface area contributed by atoms with Gasteiger partial charge in [0.1, 0.15) is 5.82 Å². The molecule has 22 heavy (non-hydrogen) atoms. The average Bonchev–Trinajstić information content (AvgIpc) is 2.87. The monoisotopic (exact) mass is 359 g/mol. The number of anilines is 1. The van der Waals surface area contributed by atoms with E-state index in [4.69, 9.17) is 0 Å². The van der Waals surface area contributed by atoms with Crippen molar-refractivity contribution in [2.45, 2.75) is 6.54 Å². The van der Waals surface area contributed by atoms with Gasteiger partial charge in [-0.1, -0.05) is 28.1 Å². The summed E-state index contributed by atoms with van der Waals surface area (Å²) in [6.45, 7) is 0.688. The molecule has 0 amide bonds. The first kappa shape index (κ1) is 14.8. The van der Waals surface area contributed by atoms with Crippen LogP contribution in [0.1, 0.15) is 5.56 Å². The van der Waals surface area contributed by atoms with Crippen LogP contribution in [0.2, 0.25) is 0 Å². The molecular weight excluding hydrogens is 345 g/mol. The number of benzene rings is 2. The standard InChI is InChI=1S/C17H15BrFN3/c1-22-16(13-5-7-15(19)8-6-13)11-21-17(22)20-10-12-3-2-4-14(18)9-12/h2-9,11H,10H2,1H3,(H,20,21). The quantitative estimate of drug-likeness (QED) is 0.737. The zero-order chi connectivity index (χ0) is 15.5. The summed E-state index contributed by atoms with van der Waals surface area (Å²) in [4.78, 5) is 4.40. The lowest BCUT2D eigenvalue weighted by atomic mass is 10.2. The molecule has 1 N–H and O–H groups in total. The Balaban J connectivity index is 1.77. The molecular formula is C17H15BrFN3. The normalized spacial score (nSPS) is 10.7. The van der Waals surface area contributed by atoms with E-state index in [9.17, 15) is 4.39 Å². The first-order valence-corrected chi connectivity index (χ1v) is 7.69. The molecule has 0 saturated carbocycles. The fourth-order valence-corrected chi connectivity index (χ4v) is 2.74. The third-order valence-corrected chi connectivity index (χ3v) is 3.96. The minimum absolute atomic E-state index is 0.237. The lowest BCUT2D eigenvalue weighted by molar-refractivity contribution is 0.628. The molecule has 0 saturated heterocycles. The van der Waals surface area contributed by atoms with Gasteiger partial charge in [-0.2, -0.15) is 0 Å². The Morgan fingerprint density at radius 1 is 1.18 bits per heavy atom.